The number of fused-ring (bicyclic) bond motifs is 1. The standard InChI is InChI=1S/C20H17FN4S/c21-18-11-4-2-7-16(18)13-26-20-24-23-19(25(20)22)12-15-9-5-8-14-6-1-3-10-17(14)15/h1-11H,12-13,22H2. The topological polar surface area (TPSA) is 56.7 Å². The van der Waals surface area contributed by atoms with Gasteiger partial charge in [-0.3, -0.25) is 0 Å². The summed E-state index contributed by atoms with van der Waals surface area (Å²) in [6.45, 7) is 0. The number of hydrogen-bond acceptors (Lipinski definition) is 4. The van der Waals surface area contributed by atoms with Gasteiger partial charge in [-0.1, -0.05) is 72.4 Å². The van der Waals surface area contributed by atoms with Gasteiger partial charge in [-0.15, -0.1) is 10.2 Å². The first-order valence-electron chi connectivity index (χ1n) is 8.24. The monoisotopic (exact) mass is 364 g/mol. The van der Waals surface area contributed by atoms with Gasteiger partial charge in [0.2, 0.25) is 5.16 Å². The third-order valence-corrected chi connectivity index (χ3v) is 5.27. The summed E-state index contributed by atoms with van der Waals surface area (Å²) in [5.74, 6) is 7.08. The van der Waals surface area contributed by atoms with Crippen molar-refractivity contribution >= 4 is 22.5 Å². The molecular formula is C20H17FN4S. The molecule has 4 aromatic rings. The van der Waals surface area contributed by atoms with Crippen LogP contribution in [0.3, 0.4) is 0 Å². The lowest BCUT2D eigenvalue weighted by Crippen LogP contribution is -2.14. The first kappa shape index (κ1) is 16.6. The Hall–Kier alpha value is -2.86. The van der Waals surface area contributed by atoms with Crippen LogP contribution in [0.15, 0.2) is 71.9 Å². The Morgan fingerprint density at radius 1 is 0.885 bits per heavy atom. The number of halogens is 1. The average molecular weight is 364 g/mol. The van der Waals surface area contributed by atoms with Crippen LogP contribution in [-0.4, -0.2) is 14.9 Å². The van der Waals surface area contributed by atoms with E-state index in [4.69, 9.17) is 5.84 Å². The Bertz CT molecular complexity index is 1060. The molecule has 0 amide bonds. The second-order valence-electron chi connectivity index (χ2n) is 5.96. The largest absolute Gasteiger partial charge is 0.336 e. The highest BCUT2D eigenvalue weighted by atomic mass is 32.2. The number of nitrogen functional groups attached to an aromatic ring is 1. The predicted octanol–water partition coefficient (Wildman–Crippen LogP) is 4.17. The van der Waals surface area contributed by atoms with E-state index in [9.17, 15) is 4.39 Å². The van der Waals surface area contributed by atoms with Crippen molar-refractivity contribution in [2.24, 2.45) is 0 Å². The van der Waals surface area contributed by atoms with Crippen LogP contribution in [0, 0.1) is 5.82 Å². The molecular weight excluding hydrogens is 347 g/mol. The maximum absolute atomic E-state index is 13.7. The number of rotatable bonds is 5. The van der Waals surface area contributed by atoms with Crippen molar-refractivity contribution in [3.05, 3.63) is 89.5 Å². The van der Waals surface area contributed by atoms with Crippen LogP contribution in [-0.2, 0) is 12.2 Å². The maximum Gasteiger partial charge on any atom is 0.210 e. The Morgan fingerprint density at radius 2 is 1.62 bits per heavy atom. The molecule has 0 bridgehead atoms. The Kier molecular flexibility index (Phi) is 4.58. The normalized spacial score (nSPS) is 11.1. The summed E-state index contributed by atoms with van der Waals surface area (Å²) in [6.07, 6.45) is 0.588. The van der Waals surface area contributed by atoms with Crippen molar-refractivity contribution in [2.75, 3.05) is 5.84 Å². The van der Waals surface area contributed by atoms with Gasteiger partial charge in [0.05, 0.1) is 0 Å². The molecule has 2 N–H and O–H groups in total. The summed E-state index contributed by atoms with van der Waals surface area (Å²) in [5.41, 5.74) is 1.77. The minimum Gasteiger partial charge on any atom is -0.336 e. The first-order chi connectivity index (χ1) is 12.7. The molecule has 4 rings (SSSR count). The molecule has 0 aliphatic rings. The zero-order valence-corrected chi connectivity index (χ0v) is 14.8. The van der Waals surface area contributed by atoms with E-state index in [0.717, 1.165) is 5.56 Å². The van der Waals surface area contributed by atoms with Gasteiger partial charge in [-0.05, 0) is 28.0 Å². The molecule has 130 valence electrons. The molecule has 1 aromatic heterocycles. The van der Waals surface area contributed by atoms with E-state index in [1.54, 1.807) is 12.1 Å². The van der Waals surface area contributed by atoms with Crippen LogP contribution in [0.4, 0.5) is 4.39 Å². The highest BCUT2D eigenvalue weighted by Crippen LogP contribution is 2.24. The summed E-state index contributed by atoms with van der Waals surface area (Å²) >= 11 is 1.37. The lowest BCUT2D eigenvalue weighted by Gasteiger charge is -2.07. The van der Waals surface area contributed by atoms with Gasteiger partial charge in [-0.25, -0.2) is 9.07 Å². The van der Waals surface area contributed by atoms with E-state index in [1.807, 2.05) is 24.3 Å². The molecule has 0 fully saturated rings. The fraction of sp³-hybridized carbons (Fsp3) is 0.100. The number of benzene rings is 3. The molecule has 0 radical (unpaired) electrons. The van der Waals surface area contributed by atoms with Gasteiger partial charge in [0, 0.05) is 12.2 Å². The Labute approximate surface area is 154 Å². The van der Waals surface area contributed by atoms with Gasteiger partial charge in [0.25, 0.3) is 0 Å². The second kappa shape index (κ2) is 7.17. The molecule has 0 saturated carbocycles. The average Bonchev–Trinajstić information content (AvgIpc) is 3.01. The molecule has 6 heteroatoms. The van der Waals surface area contributed by atoms with Gasteiger partial charge in [-0.2, -0.15) is 0 Å². The van der Waals surface area contributed by atoms with Gasteiger partial charge in [0.15, 0.2) is 5.82 Å². The van der Waals surface area contributed by atoms with Crippen LogP contribution in [0.2, 0.25) is 0 Å². The lowest BCUT2D eigenvalue weighted by atomic mass is 10.0. The molecule has 0 atom stereocenters. The quantitative estimate of drug-likeness (QED) is 0.427. The third kappa shape index (κ3) is 3.28. The van der Waals surface area contributed by atoms with Crippen LogP contribution in [0.1, 0.15) is 17.0 Å². The Morgan fingerprint density at radius 3 is 2.50 bits per heavy atom. The molecule has 4 nitrogen and oxygen atoms in total. The molecule has 26 heavy (non-hydrogen) atoms. The number of nitrogens with zero attached hydrogens (tertiary/aromatic N) is 3. The van der Waals surface area contributed by atoms with E-state index in [2.05, 4.69) is 34.5 Å². The summed E-state index contributed by atoms with van der Waals surface area (Å²) < 4.78 is 15.2. The van der Waals surface area contributed by atoms with Crippen LogP contribution in [0.25, 0.3) is 10.8 Å². The Balaban J connectivity index is 1.55. The minimum absolute atomic E-state index is 0.223. The number of aromatic nitrogens is 3. The summed E-state index contributed by atoms with van der Waals surface area (Å²) in [6, 6.07) is 21.1. The van der Waals surface area contributed by atoms with E-state index in [0.29, 0.717) is 28.7 Å². The zero-order chi connectivity index (χ0) is 17.9. The maximum atomic E-state index is 13.7. The molecule has 1 heterocycles. The van der Waals surface area contributed by atoms with Crippen LogP contribution >= 0.6 is 11.8 Å². The molecule has 0 unspecified atom stereocenters. The number of nitrogens with two attached hydrogens (primary N) is 1. The van der Waals surface area contributed by atoms with Crippen LogP contribution in [0.5, 0.6) is 0 Å². The van der Waals surface area contributed by atoms with Gasteiger partial charge < -0.3 is 5.84 Å². The predicted molar refractivity (Wildman–Crippen MR) is 103 cm³/mol. The second-order valence-corrected chi connectivity index (χ2v) is 6.91. The highest BCUT2D eigenvalue weighted by Gasteiger charge is 2.13. The van der Waals surface area contributed by atoms with Crippen molar-refractivity contribution in [3.63, 3.8) is 0 Å². The van der Waals surface area contributed by atoms with E-state index < -0.39 is 0 Å². The zero-order valence-electron chi connectivity index (χ0n) is 14.0. The smallest absolute Gasteiger partial charge is 0.210 e. The van der Waals surface area contributed by atoms with Crippen molar-refractivity contribution in [1.29, 1.82) is 0 Å². The first-order valence-corrected chi connectivity index (χ1v) is 9.23. The van der Waals surface area contributed by atoms with Crippen molar-refractivity contribution in [1.82, 2.24) is 14.9 Å². The van der Waals surface area contributed by atoms with Gasteiger partial charge >= 0.3 is 0 Å². The SMILES string of the molecule is Nn1c(Cc2cccc3ccccc23)nnc1SCc1ccccc1F. The number of thioether (sulfide) groups is 1. The van der Waals surface area contributed by atoms with E-state index >= 15 is 0 Å². The highest BCUT2D eigenvalue weighted by molar-refractivity contribution is 7.98. The lowest BCUT2D eigenvalue weighted by molar-refractivity contribution is 0.617. The van der Waals surface area contributed by atoms with Gasteiger partial charge in [0.1, 0.15) is 5.82 Å². The summed E-state index contributed by atoms with van der Waals surface area (Å²) in [5, 5.41) is 11.3. The van der Waals surface area contributed by atoms with E-state index in [-0.39, 0.29) is 5.82 Å². The fourth-order valence-corrected chi connectivity index (χ4v) is 3.76. The number of hydrogen-bond donors (Lipinski definition) is 1. The molecule has 0 saturated heterocycles. The third-order valence-electron chi connectivity index (χ3n) is 4.28. The molecule has 3 aromatic carbocycles. The minimum atomic E-state index is -0.223. The molecule has 0 aliphatic carbocycles. The van der Waals surface area contributed by atoms with Crippen molar-refractivity contribution in [3.8, 4) is 0 Å². The summed E-state index contributed by atoms with van der Waals surface area (Å²) in [7, 11) is 0. The van der Waals surface area contributed by atoms with Crippen molar-refractivity contribution in [2.45, 2.75) is 17.3 Å². The van der Waals surface area contributed by atoms with Crippen LogP contribution < -0.4 is 5.84 Å². The molecule has 0 spiro atoms. The molecule has 0 aliphatic heterocycles. The summed E-state index contributed by atoms with van der Waals surface area (Å²) in [4.78, 5) is 0. The van der Waals surface area contributed by atoms with E-state index in [1.165, 1.54) is 33.3 Å². The fourth-order valence-electron chi connectivity index (χ4n) is 2.90. The van der Waals surface area contributed by atoms with Crippen molar-refractivity contribution < 1.29 is 4.39 Å².